The number of benzene rings is 2. The van der Waals surface area contributed by atoms with Crippen LogP contribution in [0.1, 0.15) is 29.7 Å². The van der Waals surface area contributed by atoms with Crippen molar-refractivity contribution in [1.29, 1.82) is 0 Å². The maximum atomic E-state index is 14.2. The van der Waals surface area contributed by atoms with E-state index in [1.54, 1.807) is 18.2 Å². The Kier molecular flexibility index (Phi) is 6.57. The van der Waals surface area contributed by atoms with Gasteiger partial charge in [-0.05, 0) is 30.2 Å². The van der Waals surface area contributed by atoms with Crippen LogP contribution < -0.4 is 15.8 Å². The highest BCUT2D eigenvalue weighted by atomic mass is 19.4. The van der Waals surface area contributed by atoms with Crippen LogP contribution >= 0.6 is 0 Å². The molecule has 0 amide bonds. The fourth-order valence-electron chi connectivity index (χ4n) is 3.25. The van der Waals surface area contributed by atoms with E-state index < -0.39 is 30.3 Å². The highest BCUT2D eigenvalue weighted by Gasteiger charge is 2.42. The lowest BCUT2D eigenvalue weighted by molar-refractivity contribution is -0.205. The fourth-order valence-corrected chi connectivity index (χ4v) is 3.25. The van der Waals surface area contributed by atoms with Crippen molar-refractivity contribution >= 4 is 5.97 Å². The van der Waals surface area contributed by atoms with Crippen molar-refractivity contribution in [3.63, 3.8) is 0 Å². The number of carbonyl (C=O) groups excluding carboxylic acids is 1. The zero-order valence-electron chi connectivity index (χ0n) is 15.6. The van der Waals surface area contributed by atoms with E-state index in [9.17, 15) is 26.7 Å². The van der Waals surface area contributed by atoms with Gasteiger partial charge in [-0.3, -0.25) is 5.73 Å². The van der Waals surface area contributed by atoms with E-state index in [4.69, 9.17) is 10.5 Å². The molecule has 3 atom stereocenters. The molecule has 0 radical (unpaired) electrons. The molecule has 1 fully saturated rings. The van der Waals surface area contributed by atoms with Crippen molar-refractivity contribution in [2.24, 2.45) is 5.73 Å². The first-order chi connectivity index (χ1) is 14.1. The van der Waals surface area contributed by atoms with Crippen LogP contribution in [0.25, 0.3) is 0 Å². The van der Waals surface area contributed by atoms with Crippen LogP contribution in [-0.2, 0) is 9.53 Å². The number of piperidine rings is 1. The molecule has 1 aliphatic rings. The van der Waals surface area contributed by atoms with Gasteiger partial charge in [-0.1, -0.05) is 24.3 Å². The Morgan fingerprint density at radius 3 is 2.53 bits per heavy atom. The summed E-state index contributed by atoms with van der Waals surface area (Å²) in [7, 11) is 0. The zero-order valence-corrected chi connectivity index (χ0v) is 15.6. The second kappa shape index (κ2) is 8.97. The average molecular weight is 430 g/mol. The van der Waals surface area contributed by atoms with Crippen LogP contribution in [0.4, 0.5) is 22.0 Å². The second-order valence-electron chi connectivity index (χ2n) is 6.87. The Balaban J connectivity index is 1.71. The molecule has 2 aromatic carbocycles. The molecular weight excluding hydrogens is 411 g/mol. The first-order valence-corrected chi connectivity index (χ1v) is 9.09. The number of carbonyl (C=O) groups is 1. The first kappa shape index (κ1) is 22.0. The smallest absolute Gasteiger partial charge is 0.486 e. The molecule has 0 saturated carbocycles. The molecule has 2 aromatic rings. The predicted octanol–water partition coefficient (Wildman–Crippen LogP) is 3.55. The van der Waals surface area contributed by atoms with Crippen LogP contribution in [0.15, 0.2) is 42.5 Å². The molecule has 3 rings (SSSR count). The third-order valence-electron chi connectivity index (χ3n) is 4.70. The lowest BCUT2D eigenvalue weighted by Gasteiger charge is -2.31. The maximum absolute atomic E-state index is 14.2. The lowest BCUT2D eigenvalue weighted by Crippen LogP contribution is -2.41. The number of halogens is 5. The largest absolute Gasteiger partial charge is 0.490 e. The Labute approximate surface area is 169 Å². The van der Waals surface area contributed by atoms with Crippen molar-refractivity contribution in [2.75, 3.05) is 13.1 Å². The number of esters is 1. The van der Waals surface area contributed by atoms with Gasteiger partial charge in [-0.25, -0.2) is 13.6 Å². The Hall–Kier alpha value is -2.72. The molecule has 0 aromatic heterocycles. The van der Waals surface area contributed by atoms with Gasteiger partial charge in [0.05, 0.1) is 0 Å². The Morgan fingerprint density at radius 1 is 1.10 bits per heavy atom. The van der Waals surface area contributed by atoms with E-state index in [0.717, 1.165) is 18.2 Å². The number of alkyl halides is 3. The average Bonchev–Trinajstić information content (AvgIpc) is 2.69. The van der Waals surface area contributed by atoms with Gasteiger partial charge in [0.2, 0.25) is 0 Å². The third kappa shape index (κ3) is 5.25. The maximum Gasteiger partial charge on any atom is 0.490 e. The SMILES string of the molecule is NC(OC(=O)C(F)(F)F)c1ccc(F)c(O[C@@H]2CNC[C@@H](c3ccccc3F)C2)c1. The van der Waals surface area contributed by atoms with E-state index in [2.05, 4.69) is 10.1 Å². The third-order valence-corrected chi connectivity index (χ3v) is 4.70. The molecule has 0 spiro atoms. The molecule has 162 valence electrons. The Morgan fingerprint density at radius 2 is 1.83 bits per heavy atom. The molecule has 30 heavy (non-hydrogen) atoms. The van der Waals surface area contributed by atoms with E-state index in [1.165, 1.54) is 6.07 Å². The van der Waals surface area contributed by atoms with Gasteiger partial charge in [-0.2, -0.15) is 13.2 Å². The molecule has 0 aliphatic carbocycles. The molecule has 1 saturated heterocycles. The van der Waals surface area contributed by atoms with Crippen molar-refractivity contribution < 1.29 is 36.2 Å². The van der Waals surface area contributed by atoms with Crippen LogP contribution in [0.3, 0.4) is 0 Å². The Bertz CT molecular complexity index is 906. The molecule has 10 heteroatoms. The van der Waals surface area contributed by atoms with Crippen LogP contribution in [-0.4, -0.2) is 31.3 Å². The van der Waals surface area contributed by atoms with Gasteiger partial charge >= 0.3 is 12.1 Å². The van der Waals surface area contributed by atoms with Crippen molar-refractivity contribution in [3.05, 3.63) is 65.2 Å². The predicted molar refractivity (Wildman–Crippen MR) is 96.5 cm³/mol. The summed E-state index contributed by atoms with van der Waals surface area (Å²) >= 11 is 0. The minimum absolute atomic E-state index is 0.0709. The summed E-state index contributed by atoms with van der Waals surface area (Å²) in [5, 5.41) is 3.10. The van der Waals surface area contributed by atoms with E-state index in [1.807, 2.05) is 0 Å². The van der Waals surface area contributed by atoms with Gasteiger partial charge in [0.15, 0.2) is 17.8 Å². The molecule has 1 unspecified atom stereocenters. The van der Waals surface area contributed by atoms with Gasteiger partial charge in [0.1, 0.15) is 11.9 Å². The van der Waals surface area contributed by atoms with Crippen LogP contribution in [0, 0.1) is 11.6 Å². The topological polar surface area (TPSA) is 73.6 Å². The number of rotatable bonds is 5. The van der Waals surface area contributed by atoms with Crippen molar-refractivity contribution in [2.45, 2.75) is 30.8 Å². The summed E-state index contributed by atoms with van der Waals surface area (Å²) in [4.78, 5) is 10.9. The van der Waals surface area contributed by atoms with E-state index in [0.29, 0.717) is 25.1 Å². The summed E-state index contributed by atoms with van der Waals surface area (Å²) in [6, 6.07) is 9.45. The summed E-state index contributed by atoms with van der Waals surface area (Å²) in [6.07, 6.45) is -7.08. The lowest BCUT2D eigenvalue weighted by atomic mass is 9.90. The van der Waals surface area contributed by atoms with Crippen LogP contribution in [0.2, 0.25) is 0 Å². The summed E-state index contributed by atoms with van der Waals surface area (Å²) in [6.45, 7) is 0.880. The van der Waals surface area contributed by atoms with Gasteiger partial charge < -0.3 is 14.8 Å². The molecule has 1 heterocycles. The fraction of sp³-hybridized carbons (Fsp3) is 0.350. The molecule has 5 nitrogen and oxygen atoms in total. The van der Waals surface area contributed by atoms with Gasteiger partial charge in [0.25, 0.3) is 0 Å². The number of hydrogen-bond acceptors (Lipinski definition) is 5. The quantitative estimate of drug-likeness (QED) is 0.431. The molecule has 0 bridgehead atoms. The highest BCUT2D eigenvalue weighted by Crippen LogP contribution is 2.30. The number of ether oxygens (including phenoxy) is 2. The zero-order chi connectivity index (χ0) is 21.9. The number of nitrogens with two attached hydrogens (primary N) is 1. The second-order valence-corrected chi connectivity index (χ2v) is 6.87. The molecule has 3 N–H and O–H groups in total. The van der Waals surface area contributed by atoms with Gasteiger partial charge in [-0.15, -0.1) is 0 Å². The first-order valence-electron chi connectivity index (χ1n) is 9.09. The van der Waals surface area contributed by atoms with Gasteiger partial charge in [0, 0.05) is 24.6 Å². The van der Waals surface area contributed by atoms with E-state index in [-0.39, 0.29) is 23.0 Å². The summed E-state index contributed by atoms with van der Waals surface area (Å²) in [5.74, 6) is -4.03. The van der Waals surface area contributed by atoms with Crippen molar-refractivity contribution in [1.82, 2.24) is 5.32 Å². The minimum Gasteiger partial charge on any atom is -0.486 e. The monoisotopic (exact) mass is 430 g/mol. The number of nitrogens with one attached hydrogen (secondary N) is 1. The summed E-state index contributed by atoms with van der Waals surface area (Å²) < 4.78 is 75.1. The minimum atomic E-state index is -5.20. The molecule has 1 aliphatic heterocycles. The number of hydrogen-bond donors (Lipinski definition) is 2. The summed E-state index contributed by atoms with van der Waals surface area (Å²) in [5.41, 5.74) is 5.92. The molecular formula is C20H19F5N2O3. The standard InChI is InChI=1S/C20H19F5N2O3/c21-15-4-2-1-3-14(15)12-7-13(10-27-9-12)29-17-8-11(5-6-16(17)22)18(26)30-19(28)20(23,24)25/h1-6,8,12-13,18,27H,7,9-10,26H2/t12-,13-,18?/m0/s1. The van der Waals surface area contributed by atoms with Crippen molar-refractivity contribution in [3.8, 4) is 5.75 Å². The van der Waals surface area contributed by atoms with Crippen LogP contribution in [0.5, 0.6) is 5.75 Å². The normalized spacial score (nSPS) is 20.5. The van der Waals surface area contributed by atoms with E-state index >= 15 is 0 Å². The highest BCUT2D eigenvalue weighted by molar-refractivity contribution is 5.75.